The van der Waals surface area contributed by atoms with Crippen LogP contribution in [0.1, 0.15) is 29.5 Å². The van der Waals surface area contributed by atoms with E-state index in [4.69, 9.17) is 0 Å². The van der Waals surface area contributed by atoms with Crippen LogP contribution in [0.4, 0.5) is 0 Å². The van der Waals surface area contributed by atoms with Crippen molar-refractivity contribution in [2.45, 2.75) is 39.2 Å². The van der Waals surface area contributed by atoms with Crippen molar-refractivity contribution in [1.29, 1.82) is 0 Å². The number of aryl methyl sites for hydroxylation is 2. The standard InChI is InChI=1S/C13H19N/c1-10-5-6-12(11(2)8-10)9-13-4-3-7-14-13/h5-6,8,13-14H,3-4,7,9H2,1-2H3. The maximum Gasteiger partial charge on any atom is 0.0108 e. The molecule has 1 saturated heterocycles. The third kappa shape index (κ3) is 2.16. The normalized spacial score (nSPS) is 21.4. The first-order valence-corrected chi connectivity index (χ1v) is 5.55. The van der Waals surface area contributed by atoms with Gasteiger partial charge in [0.1, 0.15) is 0 Å². The van der Waals surface area contributed by atoms with Crippen LogP contribution in [-0.2, 0) is 6.42 Å². The lowest BCUT2D eigenvalue weighted by Crippen LogP contribution is -2.23. The zero-order valence-corrected chi connectivity index (χ0v) is 9.14. The Hall–Kier alpha value is -0.820. The predicted molar refractivity (Wildman–Crippen MR) is 60.6 cm³/mol. The molecule has 1 aromatic rings. The van der Waals surface area contributed by atoms with Gasteiger partial charge in [-0.3, -0.25) is 0 Å². The number of hydrogen-bond donors (Lipinski definition) is 1. The van der Waals surface area contributed by atoms with E-state index in [9.17, 15) is 0 Å². The number of nitrogens with one attached hydrogen (secondary N) is 1. The zero-order valence-electron chi connectivity index (χ0n) is 9.14. The maximum atomic E-state index is 3.55. The van der Waals surface area contributed by atoms with Gasteiger partial charge in [0.15, 0.2) is 0 Å². The monoisotopic (exact) mass is 189 g/mol. The van der Waals surface area contributed by atoms with Gasteiger partial charge < -0.3 is 5.32 Å². The smallest absolute Gasteiger partial charge is 0.0108 e. The minimum atomic E-state index is 0.719. The van der Waals surface area contributed by atoms with Crippen LogP contribution >= 0.6 is 0 Å². The molecule has 0 saturated carbocycles. The van der Waals surface area contributed by atoms with Crippen molar-refractivity contribution < 1.29 is 0 Å². The van der Waals surface area contributed by atoms with E-state index in [1.54, 1.807) is 0 Å². The quantitative estimate of drug-likeness (QED) is 0.754. The molecule has 1 aromatic carbocycles. The lowest BCUT2D eigenvalue weighted by molar-refractivity contribution is 0.601. The summed E-state index contributed by atoms with van der Waals surface area (Å²) in [6.45, 7) is 5.58. The second-order valence-corrected chi connectivity index (χ2v) is 4.43. The Balaban J connectivity index is 2.08. The molecule has 1 fully saturated rings. The van der Waals surface area contributed by atoms with Gasteiger partial charge in [-0.05, 0) is 50.8 Å². The molecular formula is C13H19N. The van der Waals surface area contributed by atoms with Crippen molar-refractivity contribution >= 4 is 0 Å². The molecule has 1 atom stereocenters. The molecule has 1 heteroatoms. The van der Waals surface area contributed by atoms with Gasteiger partial charge in [0.2, 0.25) is 0 Å². The topological polar surface area (TPSA) is 12.0 Å². The van der Waals surface area contributed by atoms with Gasteiger partial charge in [-0.25, -0.2) is 0 Å². The molecule has 1 unspecified atom stereocenters. The molecule has 0 aromatic heterocycles. The molecular weight excluding hydrogens is 170 g/mol. The molecule has 1 nitrogen and oxygen atoms in total. The lowest BCUT2D eigenvalue weighted by Gasteiger charge is -2.12. The minimum Gasteiger partial charge on any atom is -0.314 e. The number of rotatable bonds is 2. The van der Waals surface area contributed by atoms with Gasteiger partial charge in [-0.2, -0.15) is 0 Å². The molecule has 0 spiro atoms. The second kappa shape index (κ2) is 4.14. The fraction of sp³-hybridized carbons (Fsp3) is 0.538. The van der Waals surface area contributed by atoms with Crippen molar-refractivity contribution in [3.05, 3.63) is 34.9 Å². The molecule has 1 aliphatic rings. The van der Waals surface area contributed by atoms with E-state index in [-0.39, 0.29) is 0 Å². The fourth-order valence-electron chi connectivity index (χ4n) is 2.27. The summed E-state index contributed by atoms with van der Waals surface area (Å²) in [5.74, 6) is 0. The first-order valence-electron chi connectivity index (χ1n) is 5.55. The van der Waals surface area contributed by atoms with E-state index >= 15 is 0 Å². The predicted octanol–water partition coefficient (Wildman–Crippen LogP) is 2.60. The van der Waals surface area contributed by atoms with Crippen LogP contribution < -0.4 is 5.32 Å². The Morgan fingerprint density at radius 3 is 2.86 bits per heavy atom. The highest BCUT2D eigenvalue weighted by molar-refractivity contribution is 5.31. The maximum absolute atomic E-state index is 3.55. The minimum absolute atomic E-state index is 0.719. The highest BCUT2D eigenvalue weighted by Gasteiger charge is 2.14. The van der Waals surface area contributed by atoms with Crippen LogP contribution in [-0.4, -0.2) is 12.6 Å². The molecule has 1 N–H and O–H groups in total. The molecule has 14 heavy (non-hydrogen) atoms. The molecule has 0 radical (unpaired) electrons. The van der Waals surface area contributed by atoms with Gasteiger partial charge in [0, 0.05) is 6.04 Å². The van der Waals surface area contributed by atoms with E-state index in [2.05, 4.69) is 37.4 Å². The van der Waals surface area contributed by atoms with E-state index in [1.165, 1.54) is 42.5 Å². The number of benzene rings is 1. The van der Waals surface area contributed by atoms with Crippen molar-refractivity contribution in [2.24, 2.45) is 0 Å². The summed E-state index contributed by atoms with van der Waals surface area (Å²) < 4.78 is 0. The Labute approximate surface area is 86.5 Å². The van der Waals surface area contributed by atoms with E-state index in [1.807, 2.05) is 0 Å². The van der Waals surface area contributed by atoms with E-state index in [0.717, 1.165) is 6.04 Å². The van der Waals surface area contributed by atoms with Crippen molar-refractivity contribution in [1.82, 2.24) is 5.32 Å². The average Bonchev–Trinajstić information content (AvgIpc) is 2.62. The summed E-state index contributed by atoms with van der Waals surface area (Å²) in [6, 6.07) is 7.50. The van der Waals surface area contributed by atoms with Crippen LogP contribution in [0.5, 0.6) is 0 Å². The molecule has 1 aliphatic heterocycles. The molecule has 1 heterocycles. The Morgan fingerprint density at radius 2 is 2.21 bits per heavy atom. The molecule has 76 valence electrons. The molecule has 0 amide bonds. The van der Waals surface area contributed by atoms with Gasteiger partial charge in [0.05, 0.1) is 0 Å². The molecule has 0 aliphatic carbocycles. The third-order valence-corrected chi connectivity index (χ3v) is 3.13. The summed E-state index contributed by atoms with van der Waals surface area (Å²) in [5, 5.41) is 3.55. The summed E-state index contributed by atoms with van der Waals surface area (Å²) in [4.78, 5) is 0. The van der Waals surface area contributed by atoms with Gasteiger partial charge in [-0.15, -0.1) is 0 Å². The van der Waals surface area contributed by atoms with Crippen molar-refractivity contribution in [2.75, 3.05) is 6.54 Å². The van der Waals surface area contributed by atoms with Crippen LogP contribution in [0.15, 0.2) is 18.2 Å². The highest BCUT2D eigenvalue weighted by atomic mass is 14.9. The third-order valence-electron chi connectivity index (χ3n) is 3.13. The molecule has 2 rings (SSSR count). The van der Waals surface area contributed by atoms with Gasteiger partial charge >= 0.3 is 0 Å². The largest absolute Gasteiger partial charge is 0.314 e. The van der Waals surface area contributed by atoms with Crippen LogP contribution in [0, 0.1) is 13.8 Å². The summed E-state index contributed by atoms with van der Waals surface area (Å²) in [6.07, 6.45) is 3.88. The first-order chi connectivity index (χ1) is 6.75. The average molecular weight is 189 g/mol. The summed E-state index contributed by atoms with van der Waals surface area (Å²) in [7, 11) is 0. The summed E-state index contributed by atoms with van der Waals surface area (Å²) >= 11 is 0. The fourth-order valence-corrected chi connectivity index (χ4v) is 2.27. The lowest BCUT2D eigenvalue weighted by atomic mass is 9.99. The van der Waals surface area contributed by atoms with Crippen molar-refractivity contribution in [3.63, 3.8) is 0 Å². The van der Waals surface area contributed by atoms with E-state index < -0.39 is 0 Å². The first kappa shape index (κ1) is 9.72. The van der Waals surface area contributed by atoms with Crippen LogP contribution in [0.2, 0.25) is 0 Å². The molecule has 0 bridgehead atoms. The Kier molecular flexibility index (Phi) is 2.87. The van der Waals surface area contributed by atoms with E-state index in [0.29, 0.717) is 0 Å². The van der Waals surface area contributed by atoms with Gasteiger partial charge in [-0.1, -0.05) is 23.8 Å². The Bertz CT molecular complexity index is 311. The zero-order chi connectivity index (χ0) is 9.97. The SMILES string of the molecule is Cc1ccc(CC2CCCN2)c(C)c1. The van der Waals surface area contributed by atoms with Gasteiger partial charge in [0.25, 0.3) is 0 Å². The van der Waals surface area contributed by atoms with Crippen molar-refractivity contribution in [3.8, 4) is 0 Å². The highest BCUT2D eigenvalue weighted by Crippen LogP contribution is 2.16. The summed E-state index contributed by atoms with van der Waals surface area (Å²) in [5.41, 5.74) is 4.32. The second-order valence-electron chi connectivity index (χ2n) is 4.43. The Morgan fingerprint density at radius 1 is 1.36 bits per heavy atom. The van der Waals surface area contributed by atoms with Crippen LogP contribution in [0.3, 0.4) is 0 Å². The van der Waals surface area contributed by atoms with Crippen LogP contribution in [0.25, 0.3) is 0 Å². The number of hydrogen-bond acceptors (Lipinski definition) is 1.